The Labute approximate surface area is 203 Å². The Hall–Kier alpha value is -4.46. The van der Waals surface area contributed by atoms with Gasteiger partial charge in [0.05, 0.1) is 34.5 Å². The Morgan fingerprint density at radius 1 is 0.861 bits per heavy atom. The number of phenolic OH excluding ortho intramolecular Hbond substituents is 1. The second-order valence-corrected chi connectivity index (χ2v) is 8.25. The van der Waals surface area contributed by atoms with Crippen molar-refractivity contribution in [1.29, 1.82) is 0 Å². The fraction of sp³-hybridized carbons (Fsp3) is 0.107. The van der Waals surface area contributed by atoms with Crippen LogP contribution in [0.3, 0.4) is 0 Å². The first-order chi connectivity index (χ1) is 17.3. The van der Waals surface area contributed by atoms with Gasteiger partial charge in [-0.05, 0) is 53.1 Å². The Morgan fingerprint density at radius 3 is 2.33 bits per heavy atom. The van der Waals surface area contributed by atoms with Gasteiger partial charge in [0.2, 0.25) is 0 Å². The number of halogens is 3. The number of hydrogen-bond acceptors (Lipinski definition) is 4. The van der Waals surface area contributed by atoms with Crippen molar-refractivity contribution < 1.29 is 32.5 Å². The molecule has 0 saturated carbocycles. The minimum atomic E-state index is -4.48. The average molecular weight is 491 g/mol. The number of rotatable bonds is 4. The first-order valence-corrected chi connectivity index (χ1v) is 11.0. The lowest BCUT2D eigenvalue weighted by atomic mass is 10.0. The summed E-state index contributed by atoms with van der Waals surface area (Å²) >= 11 is 0. The molecule has 5 aromatic rings. The molecule has 5 rings (SSSR count). The number of fused-ring (bicyclic) bond motifs is 3. The van der Waals surface area contributed by atoms with E-state index < -0.39 is 17.9 Å². The molecule has 1 heterocycles. The maximum Gasteiger partial charge on any atom is 0.513 e. The summed E-state index contributed by atoms with van der Waals surface area (Å²) in [6, 6.07) is 23.0. The van der Waals surface area contributed by atoms with Crippen molar-refractivity contribution in [3.8, 4) is 22.6 Å². The van der Waals surface area contributed by atoms with Gasteiger partial charge >= 0.3 is 12.3 Å². The van der Waals surface area contributed by atoms with Crippen LogP contribution in [-0.4, -0.2) is 22.9 Å². The van der Waals surface area contributed by atoms with E-state index in [2.05, 4.69) is 4.74 Å². The monoisotopic (exact) mass is 491 g/mol. The van der Waals surface area contributed by atoms with Crippen LogP contribution in [0.15, 0.2) is 84.9 Å². The number of benzene rings is 4. The summed E-state index contributed by atoms with van der Waals surface area (Å²) in [5.41, 5.74) is 2.41. The van der Waals surface area contributed by atoms with Gasteiger partial charge in [0.15, 0.2) is 0 Å². The third-order valence-electron chi connectivity index (χ3n) is 5.99. The van der Waals surface area contributed by atoms with Crippen molar-refractivity contribution in [2.45, 2.75) is 12.7 Å². The highest BCUT2D eigenvalue weighted by Gasteiger charge is 2.30. The lowest BCUT2D eigenvalue weighted by Crippen LogP contribution is -2.08. The molecule has 0 radical (unpaired) electrons. The summed E-state index contributed by atoms with van der Waals surface area (Å²) in [7, 11) is 1.18. The van der Waals surface area contributed by atoms with E-state index in [4.69, 9.17) is 4.74 Å². The number of ether oxygens (including phenoxy) is 2. The first-order valence-electron chi connectivity index (χ1n) is 11.0. The second-order valence-electron chi connectivity index (χ2n) is 8.25. The molecule has 0 bridgehead atoms. The minimum absolute atomic E-state index is 0.0555. The fourth-order valence-electron chi connectivity index (χ4n) is 4.42. The summed E-state index contributed by atoms with van der Waals surface area (Å²) in [5, 5.41) is 12.0. The molecule has 0 atom stereocenters. The Balaban J connectivity index is 1.78. The normalized spacial score (nSPS) is 11.7. The van der Waals surface area contributed by atoms with Crippen LogP contribution < -0.4 is 4.74 Å². The van der Waals surface area contributed by atoms with Crippen molar-refractivity contribution in [2.75, 3.05) is 7.11 Å². The molecule has 0 spiro atoms. The Bertz CT molecular complexity index is 1590. The largest absolute Gasteiger partial charge is 0.513 e. The molecule has 5 nitrogen and oxygen atoms in total. The first kappa shape index (κ1) is 23.3. The molecule has 8 heteroatoms. The molecule has 0 unspecified atom stereocenters. The molecule has 0 aliphatic carbocycles. The fourth-order valence-corrected chi connectivity index (χ4v) is 4.42. The van der Waals surface area contributed by atoms with Crippen molar-refractivity contribution in [3.05, 3.63) is 96.1 Å². The minimum Gasteiger partial charge on any atom is -0.507 e. The SMILES string of the molecule is COC(=O)Oc1cccc2c1c1c(O)cc(-c3ccccc3)cc1n2Cc1cccc(C(F)(F)F)c1. The number of hydrogen-bond donors (Lipinski definition) is 1. The molecule has 0 fully saturated rings. The molecule has 0 aliphatic rings. The zero-order chi connectivity index (χ0) is 25.4. The number of methoxy groups -OCH3 is 1. The van der Waals surface area contributed by atoms with Crippen LogP contribution in [0.2, 0.25) is 0 Å². The van der Waals surface area contributed by atoms with E-state index in [9.17, 15) is 23.1 Å². The van der Waals surface area contributed by atoms with Gasteiger partial charge in [-0.1, -0.05) is 48.5 Å². The van der Waals surface area contributed by atoms with Crippen molar-refractivity contribution in [3.63, 3.8) is 0 Å². The number of carbonyl (C=O) groups excluding carboxylic acids is 1. The van der Waals surface area contributed by atoms with E-state index in [1.54, 1.807) is 34.9 Å². The van der Waals surface area contributed by atoms with Crippen LogP contribution in [0.5, 0.6) is 11.5 Å². The second kappa shape index (κ2) is 8.96. The van der Waals surface area contributed by atoms with Crippen LogP contribution >= 0.6 is 0 Å². The topological polar surface area (TPSA) is 60.7 Å². The molecule has 182 valence electrons. The third-order valence-corrected chi connectivity index (χ3v) is 5.99. The van der Waals surface area contributed by atoms with E-state index in [1.165, 1.54) is 13.2 Å². The van der Waals surface area contributed by atoms with Crippen LogP contribution in [0, 0.1) is 0 Å². The number of carbonyl (C=O) groups is 1. The van der Waals surface area contributed by atoms with Crippen molar-refractivity contribution >= 4 is 28.0 Å². The molecule has 0 amide bonds. The van der Waals surface area contributed by atoms with E-state index in [1.807, 2.05) is 36.4 Å². The molecule has 4 aromatic carbocycles. The summed E-state index contributed by atoms with van der Waals surface area (Å²) < 4.78 is 51.8. The van der Waals surface area contributed by atoms with E-state index in [-0.39, 0.29) is 18.0 Å². The molecule has 0 saturated heterocycles. The highest BCUT2D eigenvalue weighted by atomic mass is 19.4. The number of aromatic hydroxyl groups is 1. The van der Waals surface area contributed by atoms with Crippen LogP contribution in [0.4, 0.5) is 18.0 Å². The highest BCUT2D eigenvalue weighted by molar-refractivity contribution is 6.15. The standard InChI is InChI=1S/C28H20F3NO4/c1-35-27(34)36-24-12-6-11-21-26(24)25-22(14-19(15-23(25)33)18-8-3-2-4-9-18)32(21)16-17-7-5-10-20(13-17)28(29,30)31/h2-15,33H,16H2,1H3. The zero-order valence-electron chi connectivity index (χ0n) is 19.0. The van der Waals surface area contributed by atoms with Gasteiger partial charge in [-0.2, -0.15) is 13.2 Å². The molecular formula is C28H20F3NO4. The third kappa shape index (κ3) is 4.22. The average Bonchev–Trinajstić information content (AvgIpc) is 3.19. The lowest BCUT2D eigenvalue weighted by Gasteiger charge is -2.12. The van der Waals surface area contributed by atoms with E-state index in [0.717, 1.165) is 23.3 Å². The van der Waals surface area contributed by atoms with Gasteiger partial charge in [0.1, 0.15) is 11.5 Å². The molecule has 36 heavy (non-hydrogen) atoms. The van der Waals surface area contributed by atoms with Crippen molar-refractivity contribution in [2.24, 2.45) is 0 Å². The summed E-state index contributed by atoms with van der Waals surface area (Å²) in [5.74, 6) is 0.106. The number of alkyl halides is 3. The van der Waals surface area contributed by atoms with E-state index >= 15 is 0 Å². The predicted molar refractivity (Wildman–Crippen MR) is 130 cm³/mol. The highest BCUT2D eigenvalue weighted by Crippen LogP contribution is 2.43. The summed E-state index contributed by atoms with van der Waals surface area (Å²) in [6.45, 7) is 0.0866. The van der Waals surface area contributed by atoms with Gasteiger partial charge in [-0.3, -0.25) is 0 Å². The zero-order valence-corrected chi connectivity index (χ0v) is 19.0. The van der Waals surface area contributed by atoms with Gasteiger partial charge in [0, 0.05) is 6.54 Å². The maximum absolute atomic E-state index is 13.4. The van der Waals surface area contributed by atoms with Crippen LogP contribution in [-0.2, 0) is 17.5 Å². The molecule has 1 N–H and O–H groups in total. The molecule has 1 aromatic heterocycles. The van der Waals surface area contributed by atoms with Crippen LogP contribution in [0.1, 0.15) is 11.1 Å². The molecule has 0 aliphatic heterocycles. The van der Waals surface area contributed by atoms with Gasteiger partial charge in [-0.15, -0.1) is 0 Å². The summed E-state index contributed by atoms with van der Waals surface area (Å²) in [6.07, 6.45) is -5.40. The van der Waals surface area contributed by atoms with E-state index in [0.29, 0.717) is 27.4 Å². The van der Waals surface area contributed by atoms with Gasteiger partial charge in [0.25, 0.3) is 0 Å². The predicted octanol–water partition coefficient (Wildman–Crippen LogP) is 7.38. The summed E-state index contributed by atoms with van der Waals surface area (Å²) in [4.78, 5) is 11.9. The number of phenols is 1. The Morgan fingerprint density at radius 2 is 1.61 bits per heavy atom. The quantitative estimate of drug-likeness (QED) is 0.211. The smallest absolute Gasteiger partial charge is 0.507 e. The Kier molecular flexibility index (Phi) is 5.80. The van der Waals surface area contributed by atoms with Crippen molar-refractivity contribution in [1.82, 2.24) is 4.57 Å². The van der Waals surface area contributed by atoms with Gasteiger partial charge < -0.3 is 19.1 Å². The van der Waals surface area contributed by atoms with Crippen LogP contribution in [0.25, 0.3) is 32.9 Å². The lowest BCUT2D eigenvalue weighted by molar-refractivity contribution is -0.137. The number of aromatic nitrogens is 1. The van der Waals surface area contributed by atoms with Gasteiger partial charge in [-0.25, -0.2) is 4.79 Å². The number of nitrogens with zero attached hydrogens (tertiary/aromatic N) is 1. The maximum atomic E-state index is 13.4. The molecular weight excluding hydrogens is 471 g/mol.